The van der Waals surface area contributed by atoms with E-state index in [9.17, 15) is 48.6 Å². The zero-order chi connectivity index (χ0) is 44.1. The maximum absolute atomic E-state index is 12.3. The van der Waals surface area contributed by atoms with Crippen LogP contribution in [0, 0.1) is 0 Å². The predicted molar refractivity (Wildman–Crippen MR) is 213 cm³/mol. The van der Waals surface area contributed by atoms with Crippen LogP contribution in [0.3, 0.4) is 0 Å². The van der Waals surface area contributed by atoms with Gasteiger partial charge < -0.3 is 61.6 Å². The van der Waals surface area contributed by atoms with Crippen molar-refractivity contribution in [3.63, 3.8) is 0 Å². The van der Waals surface area contributed by atoms with E-state index in [1.807, 2.05) is 0 Å². The summed E-state index contributed by atoms with van der Waals surface area (Å²) in [4.78, 5) is 92.6. The van der Waals surface area contributed by atoms with Gasteiger partial charge in [0.15, 0.2) is 0 Å². The van der Waals surface area contributed by atoms with E-state index >= 15 is 0 Å². The fourth-order valence-electron chi connectivity index (χ4n) is 5.58. The second-order valence-corrected chi connectivity index (χ2v) is 14.2. The fraction of sp³-hybridized carbons (Fsp3) is 0.795. The van der Waals surface area contributed by atoms with E-state index in [2.05, 4.69) is 21.3 Å². The van der Waals surface area contributed by atoms with E-state index < -0.39 is 72.1 Å². The quantitative estimate of drug-likeness (QED) is 0.0396. The van der Waals surface area contributed by atoms with Gasteiger partial charge in [0, 0.05) is 45.6 Å². The van der Waals surface area contributed by atoms with Crippen molar-refractivity contribution in [2.75, 3.05) is 52.7 Å². The van der Waals surface area contributed by atoms with Crippen molar-refractivity contribution in [3.8, 4) is 0 Å². The van der Waals surface area contributed by atoms with Crippen LogP contribution in [0.5, 0.6) is 0 Å². The Bertz CT molecular complexity index is 1240. The van der Waals surface area contributed by atoms with Gasteiger partial charge in [-0.05, 0) is 32.1 Å². The van der Waals surface area contributed by atoms with Gasteiger partial charge >= 0.3 is 23.9 Å². The van der Waals surface area contributed by atoms with Crippen molar-refractivity contribution in [1.82, 2.24) is 21.3 Å². The molecule has 0 radical (unpaired) electrons. The van der Waals surface area contributed by atoms with E-state index in [0.29, 0.717) is 58.9 Å². The van der Waals surface area contributed by atoms with E-state index in [4.69, 9.17) is 30.2 Å². The zero-order valence-electron chi connectivity index (χ0n) is 34.4. The molecule has 0 fully saturated rings. The lowest BCUT2D eigenvalue weighted by Crippen LogP contribution is -2.49. The maximum Gasteiger partial charge on any atom is 0.326 e. The van der Waals surface area contributed by atoms with Gasteiger partial charge in [0.1, 0.15) is 12.1 Å². The minimum atomic E-state index is -1.41. The number of rotatable bonds is 41. The van der Waals surface area contributed by atoms with E-state index in [1.165, 1.54) is 6.42 Å². The summed E-state index contributed by atoms with van der Waals surface area (Å²) in [6.45, 7) is 2.49. The molecule has 0 aromatic carbocycles. The van der Waals surface area contributed by atoms with E-state index in [0.717, 1.165) is 64.2 Å². The number of nitrogens with two attached hydrogens (primary N) is 1. The molecule has 0 aliphatic rings. The van der Waals surface area contributed by atoms with Crippen LogP contribution >= 0.6 is 0 Å². The molecule has 340 valence electrons. The molecule has 0 aliphatic heterocycles. The topological polar surface area (TPSA) is 319 Å². The molecular formula is C39H69N5O15. The third-order valence-corrected chi connectivity index (χ3v) is 8.89. The van der Waals surface area contributed by atoms with Crippen molar-refractivity contribution in [2.45, 2.75) is 147 Å². The first-order chi connectivity index (χ1) is 28.2. The van der Waals surface area contributed by atoms with Gasteiger partial charge in [0.25, 0.3) is 0 Å². The molecule has 0 rings (SSSR count). The normalized spacial score (nSPS) is 12.5. The van der Waals surface area contributed by atoms with Crippen molar-refractivity contribution in [1.29, 1.82) is 0 Å². The van der Waals surface area contributed by atoms with E-state index in [-0.39, 0.29) is 45.2 Å². The number of nitrogens with one attached hydrogen (secondary N) is 4. The largest absolute Gasteiger partial charge is 0.481 e. The lowest BCUT2D eigenvalue weighted by molar-refractivity contribution is -0.143. The van der Waals surface area contributed by atoms with Crippen molar-refractivity contribution < 1.29 is 73.0 Å². The van der Waals surface area contributed by atoms with Crippen LogP contribution in [0.4, 0.5) is 0 Å². The van der Waals surface area contributed by atoms with Gasteiger partial charge in [-0.2, -0.15) is 0 Å². The number of carboxylic acid groups (broad SMARTS) is 4. The molecule has 20 heteroatoms. The maximum atomic E-state index is 12.3. The predicted octanol–water partition coefficient (Wildman–Crippen LogP) is 1.71. The summed E-state index contributed by atoms with van der Waals surface area (Å²) < 4.78 is 16.3. The van der Waals surface area contributed by atoms with Crippen LogP contribution in [0.25, 0.3) is 0 Å². The van der Waals surface area contributed by atoms with Crippen LogP contribution in [-0.2, 0) is 52.6 Å². The molecule has 0 unspecified atom stereocenters. The van der Waals surface area contributed by atoms with Gasteiger partial charge in [0.2, 0.25) is 23.6 Å². The lowest BCUT2D eigenvalue weighted by atomic mass is 10.0. The Morgan fingerprint density at radius 3 is 1.34 bits per heavy atom. The monoisotopic (exact) mass is 847 g/mol. The van der Waals surface area contributed by atoms with Crippen LogP contribution in [0.15, 0.2) is 0 Å². The molecule has 0 bridgehead atoms. The molecule has 0 spiro atoms. The fourth-order valence-corrected chi connectivity index (χ4v) is 5.58. The van der Waals surface area contributed by atoms with Crippen LogP contribution in [0.2, 0.25) is 0 Å². The molecule has 20 nitrogen and oxygen atoms in total. The third kappa shape index (κ3) is 35.3. The average Bonchev–Trinajstić information content (AvgIpc) is 3.17. The van der Waals surface area contributed by atoms with Gasteiger partial charge in [-0.15, -0.1) is 0 Å². The summed E-state index contributed by atoms with van der Waals surface area (Å²) in [6.07, 6.45) is 12.2. The SMILES string of the molecule is N[C@@H](CC(=O)O)C(=O)N[C@@H](CCC(=O)NCCCOCCOCCOCCCNC(=O)C[C@H](NC(=O)CCCCCCCCCCCCCCC(=O)O)C(=O)O)C(=O)O. The van der Waals surface area contributed by atoms with Crippen molar-refractivity contribution in [2.24, 2.45) is 5.73 Å². The summed E-state index contributed by atoms with van der Waals surface area (Å²) in [5.41, 5.74) is 5.43. The smallest absolute Gasteiger partial charge is 0.326 e. The first-order valence-corrected chi connectivity index (χ1v) is 20.7. The molecular weight excluding hydrogens is 778 g/mol. The first-order valence-electron chi connectivity index (χ1n) is 20.7. The minimum absolute atomic E-state index is 0.183. The van der Waals surface area contributed by atoms with Crippen molar-refractivity contribution in [3.05, 3.63) is 0 Å². The Hall–Kier alpha value is -4.40. The minimum Gasteiger partial charge on any atom is -0.481 e. The number of amides is 4. The Labute approximate surface area is 346 Å². The van der Waals surface area contributed by atoms with Gasteiger partial charge in [-0.3, -0.25) is 28.8 Å². The Kier molecular flexibility index (Phi) is 33.9. The second kappa shape index (κ2) is 36.7. The number of hydrogen-bond donors (Lipinski definition) is 9. The summed E-state index contributed by atoms with van der Waals surface area (Å²) in [5.74, 6) is -6.93. The highest BCUT2D eigenvalue weighted by Gasteiger charge is 2.25. The summed E-state index contributed by atoms with van der Waals surface area (Å²) in [7, 11) is 0. The highest BCUT2D eigenvalue weighted by Crippen LogP contribution is 2.13. The highest BCUT2D eigenvalue weighted by atomic mass is 16.5. The standard InChI is InChI=1S/C39H69N5O15/c40-29(27-36(50)51)37(52)44-30(38(53)54)17-18-32(45)41-19-13-21-57-23-25-59-26-24-58-22-14-20-42-34(47)28-31(39(55)56)43-33(46)15-11-9-7-5-3-1-2-4-6-8-10-12-16-35(48)49/h29-31H,1-28,40H2,(H,41,45)(H,42,47)(H,43,46)(H,44,52)(H,48,49)(H,50,51)(H,53,54)(H,55,56)/t29-,30-,31-/m0/s1. The Morgan fingerprint density at radius 2 is 0.881 bits per heavy atom. The molecule has 4 amide bonds. The van der Waals surface area contributed by atoms with Crippen LogP contribution in [-0.4, -0.2) is 139 Å². The molecule has 0 saturated heterocycles. The van der Waals surface area contributed by atoms with Crippen molar-refractivity contribution >= 4 is 47.5 Å². The van der Waals surface area contributed by atoms with Crippen LogP contribution in [0.1, 0.15) is 128 Å². The Morgan fingerprint density at radius 1 is 0.441 bits per heavy atom. The average molecular weight is 848 g/mol. The van der Waals surface area contributed by atoms with Gasteiger partial charge in [-0.1, -0.05) is 64.2 Å². The molecule has 10 N–H and O–H groups in total. The second-order valence-electron chi connectivity index (χ2n) is 14.2. The summed E-state index contributed by atoms with van der Waals surface area (Å²) in [6, 6.07) is -4.11. The molecule has 0 aromatic rings. The molecule has 59 heavy (non-hydrogen) atoms. The summed E-state index contributed by atoms with van der Waals surface area (Å²) in [5, 5.41) is 45.9. The molecule has 0 heterocycles. The molecule has 3 atom stereocenters. The van der Waals surface area contributed by atoms with Gasteiger partial charge in [0.05, 0.1) is 45.3 Å². The van der Waals surface area contributed by atoms with Crippen LogP contribution < -0.4 is 27.0 Å². The summed E-state index contributed by atoms with van der Waals surface area (Å²) >= 11 is 0. The molecule has 0 aliphatic carbocycles. The first kappa shape index (κ1) is 54.6. The van der Waals surface area contributed by atoms with Gasteiger partial charge in [-0.25, -0.2) is 9.59 Å². The number of unbranched alkanes of at least 4 members (excludes halogenated alkanes) is 11. The third-order valence-electron chi connectivity index (χ3n) is 8.89. The Balaban J connectivity index is 3.76. The molecule has 0 saturated carbocycles. The number of aliphatic carboxylic acids is 4. The number of carboxylic acids is 4. The number of ether oxygens (including phenoxy) is 3. The number of carbonyl (C=O) groups excluding carboxylic acids is 4. The van der Waals surface area contributed by atoms with E-state index in [1.54, 1.807) is 0 Å². The zero-order valence-corrected chi connectivity index (χ0v) is 34.4. The lowest BCUT2D eigenvalue weighted by Gasteiger charge is -2.17. The number of hydrogen-bond acceptors (Lipinski definition) is 12. The molecule has 0 aromatic heterocycles. The number of carbonyl (C=O) groups is 8. The highest BCUT2D eigenvalue weighted by molar-refractivity contribution is 5.90.